The first-order valence-electron chi connectivity index (χ1n) is 8.81. The number of nitrogens with one attached hydrogen (secondary N) is 2. The van der Waals surface area contributed by atoms with Crippen LogP contribution in [0.1, 0.15) is 11.1 Å². The number of rotatable bonds is 6. The van der Waals surface area contributed by atoms with E-state index in [1.54, 1.807) is 0 Å². The first-order valence-corrected chi connectivity index (χ1v) is 8.81. The maximum Gasteiger partial charge on any atom is 0.287 e. The van der Waals surface area contributed by atoms with E-state index >= 15 is 0 Å². The Morgan fingerprint density at radius 2 is 1.64 bits per heavy atom. The van der Waals surface area contributed by atoms with Gasteiger partial charge < -0.3 is 15.1 Å². The van der Waals surface area contributed by atoms with Crippen LogP contribution < -0.4 is 21.3 Å². The lowest BCUT2D eigenvalue weighted by Crippen LogP contribution is -2.29. The van der Waals surface area contributed by atoms with Crippen LogP contribution in [0.4, 0.5) is 5.69 Å². The van der Waals surface area contributed by atoms with Crippen LogP contribution in [0, 0.1) is 0 Å². The van der Waals surface area contributed by atoms with E-state index in [1.165, 1.54) is 12.4 Å². The molecule has 0 radical (unpaired) electrons. The molecule has 0 aliphatic rings. The Kier molecular flexibility index (Phi) is 4.88. The molecule has 4 rings (SSSR count). The Balaban J connectivity index is 1.70. The minimum absolute atomic E-state index is 0.169. The second kappa shape index (κ2) is 7.79. The molecule has 0 saturated heterocycles. The highest BCUT2D eigenvalue weighted by Crippen LogP contribution is 2.16. The Labute approximate surface area is 160 Å². The van der Waals surface area contributed by atoms with Gasteiger partial charge >= 0.3 is 0 Å². The zero-order chi connectivity index (χ0) is 19.3. The van der Waals surface area contributed by atoms with Crippen LogP contribution in [0.5, 0.6) is 0 Å². The highest BCUT2D eigenvalue weighted by atomic mass is 16.7. The molecule has 0 unspecified atom stereocenters. The summed E-state index contributed by atoms with van der Waals surface area (Å²) in [5, 5.41) is 3.43. The van der Waals surface area contributed by atoms with E-state index in [9.17, 15) is 9.59 Å². The predicted octanol–water partition coefficient (Wildman–Crippen LogP) is 2.33. The quantitative estimate of drug-likeness (QED) is 0.541. The summed E-state index contributed by atoms with van der Waals surface area (Å²) in [6.07, 6.45) is 1.26. The topological polar surface area (TPSA) is 89.0 Å². The zero-order valence-corrected chi connectivity index (χ0v) is 15.0. The number of H-pyrrole nitrogens is 1. The molecule has 7 heteroatoms. The van der Waals surface area contributed by atoms with Gasteiger partial charge in [-0.1, -0.05) is 60.7 Å². The van der Waals surface area contributed by atoms with Gasteiger partial charge in [-0.25, -0.2) is 4.98 Å². The lowest BCUT2D eigenvalue weighted by molar-refractivity contribution is 0.0979. The van der Waals surface area contributed by atoms with Crippen molar-refractivity contribution in [1.29, 1.82) is 0 Å². The molecule has 28 heavy (non-hydrogen) atoms. The summed E-state index contributed by atoms with van der Waals surface area (Å²) in [7, 11) is 0. The van der Waals surface area contributed by atoms with Crippen LogP contribution in [0.15, 0.2) is 82.6 Å². The average molecular weight is 374 g/mol. The van der Waals surface area contributed by atoms with Crippen molar-refractivity contribution < 1.29 is 4.84 Å². The number of aromatic nitrogens is 3. The highest BCUT2D eigenvalue weighted by Gasteiger charge is 2.14. The molecule has 2 aromatic heterocycles. The van der Waals surface area contributed by atoms with E-state index in [4.69, 9.17) is 4.84 Å². The third-order valence-electron chi connectivity index (χ3n) is 4.29. The molecule has 2 heterocycles. The average Bonchev–Trinajstić information content (AvgIpc) is 2.73. The van der Waals surface area contributed by atoms with Crippen LogP contribution in [-0.2, 0) is 13.2 Å². The van der Waals surface area contributed by atoms with Crippen molar-refractivity contribution in [3.8, 4) is 0 Å². The lowest BCUT2D eigenvalue weighted by Gasteiger charge is -2.14. The van der Waals surface area contributed by atoms with Crippen molar-refractivity contribution in [2.24, 2.45) is 0 Å². The van der Waals surface area contributed by atoms with Gasteiger partial charge in [0.2, 0.25) is 0 Å². The maximum atomic E-state index is 12.6. The van der Waals surface area contributed by atoms with Crippen LogP contribution in [0.3, 0.4) is 0 Å². The van der Waals surface area contributed by atoms with E-state index in [-0.39, 0.29) is 23.2 Å². The molecular formula is C21H18N4O3. The molecule has 2 aromatic carbocycles. The summed E-state index contributed by atoms with van der Waals surface area (Å²) in [5.41, 5.74) is 1.76. The van der Waals surface area contributed by atoms with Gasteiger partial charge in [-0.2, -0.15) is 0 Å². The Hall–Kier alpha value is -3.87. The first-order chi connectivity index (χ1) is 13.7. The third kappa shape index (κ3) is 3.64. The highest BCUT2D eigenvalue weighted by molar-refractivity contribution is 5.87. The third-order valence-corrected chi connectivity index (χ3v) is 4.29. The normalized spacial score (nSPS) is 10.7. The van der Waals surface area contributed by atoms with Gasteiger partial charge in [-0.3, -0.25) is 9.59 Å². The molecule has 0 spiro atoms. The van der Waals surface area contributed by atoms with Gasteiger partial charge in [0.1, 0.15) is 12.0 Å². The lowest BCUT2D eigenvalue weighted by atomic mass is 10.2. The van der Waals surface area contributed by atoms with Crippen molar-refractivity contribution in [3.63, 3.8) is 0 Å². The van der Waals surface area contributed by atoms with Crippen molar-refractivity contribution in [2.75, 3.05) is 5.32 Å². The van der Waals surface area contributed by atoms with E-state index < -0.39 is 5.56 Å². The molecule has 2 N–H and O–H groups in total. The van der Waals surface area contributed by atoms with Gasteiger partial charge in [-0.15, -0.1) is 4.73 Å². The summed E-state index contributed by atoms with van der Waals surface area (Å²) < 4.78 is 1.06. The fourth-order valence-corrected chi connectivity index (χ4v) is 2.92. The van der Waals surface area contributed by atoms with Crippen LogP contribution in [-0.4, -0.2) is 14.7 Å². The SMILES string of the molecule is O=c1[nH]cnc2c1c(NCc1ccccc1)cc(=O)n2OCc1ccccc1. The van der Waals surface area contributed by atoms with Crippen LogP contribution in [0.25, 0.3) is 11.0 Å². The monoisotopic (exact) mass is 374 g/mol. The summed E-state index contributed by atoms with van der Waals surface area (Å²) in [6.45, 7) is 0.652. The molecule has 7 nitrogen and oxygen atoms in total. The number of anilines is 1. The van der Waals surface area contributed by atoms with E-state index in [0.717, 1.165) is 15.9 Å². The fourth-order valence-electron chi connectivity index (χ4n) is 2.92. The first kappa shape index (κ1) is 17.5. The Bertz CT molecular complexity index is 1200. The van der Waals surface area contributed by atoms with Gasteiger partial charge in [0, 0.05) is 12.6 Å². The van der Waals surface area contributed by atoms with Crippen molar-refractivity contribution in [1.82, 2.24) is 14.7 Å². The summed E-state index contributed by atoms with van der Waals surface area (Å²) in [5.74, 6) is 0. The minimum Gasteiger partial charge on any atom is -0.404 e. The number of benzene rings is 2. The standard InChI is InChI=1S/C21H18N4O3/c26-18-11-17(22-12-15-7-3-1-4-8-15)19-20(23-14-24-21(19)27)25(18)28-13-16-9-5-2-6-10-16/h1-11,14,22H,12-13H2,(H,23,24,27). The fraction of sp³-hybridized carbons (Fsp3) is 0.0952. The van der Waals surface area contributed by atoms with Gasteiger partial charge in [0.25, 0.3) is 11.1 Å². The number of fused-ring (bicyclic) bond motifs is 1. The second-order valence-electron chi connectivity index (χ2n) is 6.22. The molecule has 0 bridgehead atoms. The molecule has 140 valence electrons. The molecule has 0 saturated carbocycles. The van der Waals surface area contributed by atoms with E-state index in [2.05, 4.69) is 15.3 Å². The number of hydrogen-bond donors (Lipinski definition) is 2. The molecule has 0 amide bonds. The number of aromatic amines is 1. The second-order valence-corrected chi connectivity index (χ2v) is 6.22. The largest absolute Gasteiger partial charge is 0.404 e. The summed E-state index contributed by atoms with van der Waals surface area (Å²) in [4.78, 5) is 37.5. The number of pyridine rings is 1. The number of hydrogen-bond acceptors (Lipinski definition) is 5. The summed E-state index contributed by atoms with van der Waals surface area (Å²) in [6, 6.07) is 20.5. The zero-order valence-electron chi connectivity index (χ0n) is 15.0. The van der Waals surface area contributed by atoms with Crippen molar-refractivity contribution >= 4 is 16.7 Å². The molecule has 0 aliphatic heterocycles. The summed E-state index contributed by atoms with van der Waals surface area (Å²) >= 11 is 0. The van der Waals surface area contributed by atoms with Crippen LogP contribution in [0.2, 0.25) is 0 Å². The molecule has 0 fully saturated rings. The molecule has 4 aromatic rings. The van der Waals surface area contributed by atoms with Gasteiger partial charge in [-0.05, 0) is 11.1 Å². The molecular weight excluding hydrogens is 356 g/mol. The van der Waals surface area contributed by atoms with Crippen LogP contribution >= 0.6 is 0 Å². The van der Waals surface area contributed by atoms with Crippen molar-refractivity contribution in [3.05, 3.63) is 105 Å². The Morgan fingerprint density at radius 3 is 2.36 bits per heavy atom. The smallest absolute Gasteiger partial charge is 0.287 e. The number of nitrogens with zero attached hydrogens (tertiary/aromatic N) is 2. The molecule has 0 aliphatic carbocycles. The molecule has 0 atom stereocenters. The van der Waals surface area contributed by atoms with E-state index in [0.29, 0.717) is 12.2 Å². The maximum absolute atomic E-state index is 12.6. The Morgan fingerprint density at radius 1 is 0.964 bits per heavy atom. The minimum atomic E-state index is -0.405. The van der Waals surface area contributed by atoms with E-state index in [1.807, 2.05) is 60.7 Å². The van der Waals surface area contributed by atoms with Crippen molar-refractivity contribution in [2.45, 2.75) is 13.2 Å². The van der Waals surface area contributed by atoms with Gasteiger partial charge in [0.15, 0.2) is 5.65 Å². The predicted molar refractivity (Wildman–Crippen MR) is 107 cm³/mol. The van der Waals surface area contributed by atoms with Gasteiger partial charge in [0.05, 0.1) is 12.0 Å².